The standard InChI is InChI=1S/C27H41NO3S.C26H39NO3S.C20H35NO.C6H5ClO2S.CH3I.2CH4.V/c1-25(29)16-17-26(2)19(18-25)10-11-21-22-12-13-24(27(22,3)15-14-23(21)26)28(4)32(30,31)20-8-6-5-7-9-20;1-24(28)15-16-25(2)18(17-24)9-10-20-21-11-12-23(26(21,3)14-13-22(20)25)27-31(29,30)19-7-5-4-6-8-19;1-18(22)10-11-19(2)13(12-18)4-5-14-15-6-7-17(21)20(15,3)9-8-16(14)19;7-10(8,9)6-4-2-1-3-5-6;1-2;;;/h5-9,19,21-24,29H,10-18H2,1-4H3;4-8,18,20-23,27-28H,9-17H2,1-3H3;13-17,22H,4-12,21H2,1-3H3;1-5H;1H3;2*1H4;/t19-,21-,22-,23-,24-,25+,26-,27-;18-,20-,21-,22-,23-,24+,25-,26-;13-,14-,15-,16-,17-,18+,19-,20-;;;;;/m000...../s1. The second kappa shape index (κ2) is 31.5. The van der Waals surface area contributed by atoms with Gasteiger partial charge in [0.1, 0.15) is 0 Å². The van der Waals surface area contributed by atoms with Crippen LogP contribution >= 0.6 is 33.3 Å². The van der Waals surface area contributed by atoms with Gasteiger partial charge in [0, 0.05) is 54.4 Å². The van der Waals surface area contributed by atoms with Crippen LogP contribution in [-0.4, -0.2) is 91.8 Å². The molecule has 0 aliphatic heterocycles. The van der Waals surface area contributed by atoms with Crippen LogP contribution in [0.1, 0.15) is 251 Å². The SMILES string of the molecule is C.C.CI.CN([C@H]1CC[C@H]2[C@@H]3CC[C@H]4C[C@](C)(O)CC[C@]4(C)[C@H]3CC[C@]12C)S(=O)(=O)c1ccccc1.C[C@@]1(O)CC[C@@]2(C)[C@@H](CC[C@@H]3[C@@H]2CC[C@]2(C)[C@@H](N)CC[C@@H]32)C1.C[C@@]1(O)CC[C@@]2(C)[C@@H](CC[C@@H]3[C@@H]2CC[C@]2(C)[C@@H](NS(=O)(=O)c4ccccc4)CC[C@@H]32)C1.O=S(=O)(Cl)c1ccccc1.[V]. The van der Waals surface area contributed by atoms with Crippen LogP contribution in [-0.2, 0) is 47.7 Å². The van der Waals surface area contributed by atoms with Gasteiger partial charge in [0.25, 0.3) is 9.05 Å². The van der Waals surface area contributed by atoms with Crippen molar-refractivity contribution in [1.29, 1.82) is 0 Å². The van der Waals surface area contributed by atoms with Crippen LogP contribution in [0.2, 0.25) is 0 Å². The van der Waals surface area contributed by atoms with E-state index >= 15 is 0 Å². The zero-order valence-electron chi connectivity index (χ0n) is 61.2. The van der Waals surface area contributed by atoms with E-state index in [9.17, 15) is 40.6 Å². The summed E-state index contributed by atoms with van der Waals surface area (Å²) in [6, 6.07) is 26.2. The van der Waals surface area contributed by atoms with Gasteiger partial charge in [-0.15, -0.1) is 0 Å². The second-order valence-electron chi connectivity index (χ2n) is 36.1. The van der Waals surface area contributed by atoms with Crippen molar-refractivity contribution >= 4 is 62.4 Å². The first-order chi connectivity index (χ1) is 45.4. The first-order valence-electron chi connectivity index (χ1n) is 37.8. The van der Waals surface area contributed by atoms with Crippen LogP contribution < -0.4 is 10.5 Å². The van der Waals surface area contributed by atoms with Gasteiger partial charge in [0.05, 0.1) is 31.5 Å². The molecule has 0 saturated heterocycles. The minimum Gasteiger partial charge on any atom is -0.390 e. The molecular formula is C82H131ClIN3O9S3V. The van der Waals surface area contributed by atoms with Crippen molar-refractivity contribution in [3.63, 3.8) is 0 Å². The number of benzene rings is 3. The first-order valence-corrected chi connectivity index (χ1v) is 45.2. The van der Waals surface area contributed by atoms with Gasteiger partial charge in [0.15, 0.2) is 0 Å². The number of aliphatic hydroxyl groups is 3. The Morgan fingerprint density at radius 3 is 1.15 bits per heavy atom. The Morgan fingerprint density at radius 1 is 0.420 bits per heavy atom. The summed E-state index contributed by atoms with van der Waals surface area (Å²) in [6.45, 7) is 21.0. The van der Waals surface area contributed by atoms with Gasteiger partial charge < -0.3 is 21.1 Å². The van der Waals surface area contributed by atoms with E-state index in [1.807, 2.05) is 50.1 Å². The van der Waals surface area contributed by atoms with E-state index in [2.05, 4.69) is 75.8 Å². The van der Waals surface area contributed by atoms with Crippen molar-refractivity contribution in [3.05, 3.63) is 91.0 Å². The molecule has 24 atom stereocenters. The van der Waals surface area contributed by atoms with Gasteiger partial charge in [-0.1, -0.05) is 134 Å². The van der Waals surface area contributed by atoms with Gasteiger partial charge >= 0.3 is 0 Å². The predicted molar refractivity (Wildman–Crippen MR) is 414 cm³/mol. The molecule has 12 aliphatic carbocycles. The van der Waals surface area contributed by atoms with Crippen molar-refractivity contribution in [2.45, 2.75) is 300 Å². The fourth-order valence-corrected chi connectivity index (χ4v) is 29.2. The van der Waals surface area contributed by atoms with Crippen molar-refractivity contribution in [1.82, 2.24) is 9.03 Å². The van der Waals surface area contributed by atoms with Gasteiger partial charge in [0.2, 0.25) is 20.0 Å². The van der Waals surface area contributed by atoms with Crippen LogP contribution in [0, 0.1) is 104 Å². The minimum absolute atomic E-state index is 0. The summed E-state index contributed by atoms with van der Waals surface area (Å²) in [5.74, 6) is 8.78. The van der Waals surface area contributed by atoms with E-state index in [1.54, 1.807) is 58.9 Å². The molecule has 0 amide bonds. The topological polar surface area (TPSA) is 204 Å². The maximum absolute atomic E-state index is 13.4. The van der Waals surface area contributed by atoms with Crippen LogP contribution in [0.5, 0.6) is 0 Å². The Balaban J connectivity index is 0.000000176. The van der Waals surface area contributed by atoms with Crippen LogP contribution in [0.25, 0.3) is 0 Å². The van der Waals surface area contributed by atoms with E-state index in [0.717, 1.165) is 125 Å². The number of fused-ring (bicyclic) bond motifs is 15. The molecule has 0 bridgehead atoms. The number of sulfonamides is 2. The molecule has 15 rings (SSSR count). The fraction of sp³-hybridized carbons (Fsp3) is 0.780. The Bertz CT molecular complexity index is 3560. The number of nitrogens with one attached hydrogen (secondary N) is 1. The maximum atomic E-state index is 13.4. The molecule has 12 saturated carbocycles. The summed E-state index contributed by atoms with van der Waals surface area (Å²) in [6.07, 6.45) is 31.2. The molecule has 0 spiro atoms. The molecule has 12 fully saturated rings. The number of alkyl halides is 1. The van der Waals surface area contributed by atoms with E-state index in [0.29, 0.717) is 73.0 Å². The van der Waals surface area contributed by atoms with Crippen molar-refractivity contribution in [3.8, 4) is 0 Å². The molecule has 3 aromatic carbocycles. The third-order valence-electron chi connectivity index (χ3n) is 31.1. The summed E-state index contributed by atoms with van der Waals surface area (Å²) >= 11 is 2.15. The summed E-state index contributed by atoms with van der Waals surface area (Å²) < 4.78 is 79.0. The van der Waals surface area contributed by atoms with Gasteiger partial charge in [-0.05, 0) is 339 Å². The number of halogens is 2. The molecular weight excluding hydrogens is 1480 g/mol. The monoisotopic (exact) mass is 1610 g/mol. The van der Waals surface area contributed by atoms with Crippen LogP contribution in [0.15, 0.2) is 106 Å². The number of nitrogens with zero attached hydrogens (tertiary/aromatic N) is 1. The third kappa shape index (κ3) is 16.0. The average molecular weight is 1610 g/mol. The third-order valence-corrected chi connectivity index (χ3v) is 35.9. The molecule has 0 heterocycles. The summed E-state index contributed by atoms with van der Waals surface area (Å²) in [7, 11) is -3.65. The number of hydrogen-bond donors (Lipinski definition) is 5. The molecule has 100 heavy (non-hydrogen) atoms. The Morgan fingerprint density at radius 2 is 0.750 bits per heavy atom. The smallest absolute Gasteiger partial charge is 0.261 e. The Labute approximate surface area is 637 Å². The van der Waals surface area contributed by atoms with E-state index in [4.69, 9.17) is 16.4 Å². The maximum Gasteiger partial charge on any atom is 0.261 e. The molecule has 3 aromatic rings. The molecule has 0 unspecified atom stereocenters. The zero-order valence-corrected chi connectivity index (χ0v) is 67.9. The first kappa shape index (κ1) is 84.5. The number of hydrogen-bond acceptors (Lipinski definition) is 10. The summed E-state index contributed by atoms with van der Waals surface area (Å²) in [5, 5.41) is 31.9. The van der Waals surface area contributed by atoms with E-state index < -0.39 is 45.9 Å². The van der Waals surface area contributed by atoms with Gasteiger partial charge in [-0.25, -0.2) is 30.0 Å². The minimum atomic E-state index is -3.53. The quantitative estimate of drug-likeness (QED) is 0.0860. The average Bonchev–Trinajstić information content (AvgIpc) is 1.36. The normalized spacial score (nSPS) is 44.2. The van der Waals surface area contributed by atoms with Gasteiger partial charge in [-0.3, -0.25) is 0 Å². The van der Waals surface area contributed by atoms with Gasteiger partial charge in [-0.2, -0.15) is 4.31 Å². The molecule has 0 aromatic heterocycles. The van der Waals surface area contributed by atoms with Crippen molar-refractivity contribution in [2.24, 2.45) is 109 Å². The molecule has 1 radical (unpaired) electrons. The zero-order chi connectivity index (χ0) is 70.4. The van der Waals surface area contributed by atoms with E-state index in [1.165, 1.54) is 95.6 Å². The molecule has 18 heteroatoms. The van der Waals surface area contributed by atoms with Crippen LogP contribution in [0.4, 0.5) is 0 Å². The van der Waals surface area contributed by atoms with Crippen LogP contribution in [0.3, 0.4) is 0 Å². The number of rotatable bonds is 7. The Hall–Kier alpha value is -1.13. The number of nitrogens with two attached hydrogens (primary N) is 1. The predicted octanol–water partition coefficient (Wildman–Crippen LogP) is 18.6. The molecule has 12 aliphatic rings. The van der Waals surface area contributed by atoms with Crippen molar-refractivity contribution < 1.29 is 59.1 Å². The Kier molecular flexibility index (Phi) is 26.6. The molecule has 565 valence electrons. The fourth-order valence-electron chi connectivity index (χ4n) is 25.5. The second-order valence-corrected chi connectivity index (χ2v) is 42.4. The molecule has 6 N–H and O–H groups in total. The van der Waals surface area contributed by atoms with Crippen molar-refractivity contribution in [2.75, 3.05) is 12.0 Å². The molecule has 12 nitrogen and oxygen atoms in total. The largest absolute Gasteiger partial charge is 0.390 e. The van der Waals surface area contributed by atoms with E-state index in [-0.39, 0.29) is 61.2 Å². The summed E-state index contributed by atoms with van der Waals surface area (Å²) in [4.78, 5) is 2.89. The summed E-state index contributed by atoms with van der Waals surface area (Å²) in [5.41, 5.74) is 6.81.